The highest BCUT2D eigenvalue weighted by Crippen LogP contribution is 2.35. The van der Waals surface area contributed by atoms with Crippen LogP contribution in [0.1, 0.15) is 21.6 Å². The number of nitrogens with zero attached hydrogens (tertiary/aromatic N) is 3. The molecule has 0 saturated carbocycles. The van der Waals surface area contributed by atoms with Crippen molar-refractivity contribution in [1.82, 2.24) is 9.78 Å². The second kappa shape index (κ2) is 8.91. The SMILES string of the molecule is Cc1ccc(S(=O)(=O)c2c(C)nn(-c3ccccc3)c2OC(=O)c2cccc([N+](=O)[O-])c2)cc1. The molecule has 3 aromatic carbocycles. The molecule has 4 rings (SSSR count). The summed E-state index contributed by atoms with van der Waals surface area (Å²) in [5.41, 5.74) is 1.08. The van der Waals surface area contributed by atoms with Crippen LogP contribution in [0.15, 0.2) is 88.7 Å². The van der Waals surface area contributed by atoms with Crippen molar-refractivity contribution in [3.63, 3.8) is 0 Å². The van der Waals surface area contributed by atoms with Gasteiger partial charge in [-0.25, -0.2) is 13.2 Å². The molecule has 0 saturated heterocycles. The third kappa shape index (κ3) is 4.30. The fourth-order valence-corrected chi connectivity index (χ4v) is 4.88. The van der Waals surface area contributed by atoms with Gasteiger partial charge in [0.25, 0.3) is 5.69 Å². The molecule has 1 aromatic heterocycles. The number of ether oxygens (including phenoxy) is 1. The number of carbonyl (C=O) groups excluding carboxylic acids is 1. The number of nitro benzene ring substituents is 1. The molecule has 9 nitrogen and oxygen atoms in total. The minimum absolute atomic E-state index is 0.0152. The number of hydrogen-bond acceptors (Lipinski definition) is 7. The van der Waals surface area contributed by atoms with E-state index in [1.54, 1.807) is 42.5 Å². The Morgan fingerprint density at radius 2 is 1.65 bits per heavy atom. The molecule has 1 heterocycles. The molecule has 0 radical (unpaired) electrons. The summed E-state index contributed by atoms with van der Waals surface area (Å²) in [5, 5.41) is 15.4. The number of benzene rings is 3. The minimum Gasteiger partial charge on any atom is -0.402 e. The number of sulfone groups is 1. The lowest BCUT2D eigenvalue weighted by Gasteiger charge is -2.11. The molecule has 0 aliphatic heterocycles. The van der Waals surface area contributed by atoms with Crippen LogP contribution in [0.2, 0.25) is 0 Å². The van der Waals surface area contributed by atoms with Crippen molar-refractivity contribution in [3.05, 3.63) is 106 Å². The van der Waals surface area contributed by atoms with Crippen LogP contribution in [0.3, 0.4) is 0 Å². The normalized spacial score (nSPS) is 11.2. The van der Waals surface area contributed by atoms with Crippen LogP contribution >= 0.6 is 0 Å². The molecular formula is C24H19N3O6S. The van der Waals surface area contributed by atoms with Crippen LogP contribution in [0, 0.1) is 24.0 Å². The van der Waals surface area contributed by atoms with Gasteiger partial charge in [0, 0.05) is 12.1 Å². The van der Waals surface area contributed by atoms with Crippen LogP contribution < -0.4 is 4.74 Å². The predicted octanol–water partition coefficient (Wildman–Crippen LogP) is 4.45. The number of esters is 1. The second-order valence-corrected chi connectivity index (χ2v) is 9.37. The summed E-state index contributed by atoms with van der Waals surface area (Å²) >= 11 is 0. The van der Waals surface area contributed by atoms with Gasteiger partial charge in [0.1, 0.15) is 0 Å². The maximum absolute atomic E-state index is 13.6. The van der Waals surface area contributed by atoms with Gasteiger partial charge in [-0.15, -0.1) is 0 Å². The third-order valence-electron chi connectivity index (χ3n) is 5.05. The number of aryl methyl sites for hydroxylation is 2. The largest absolute Gasteiger partial charge is 0.402 e. The number of carbonyl (C=O) groups is 1. The molecule has 0 aliphatic carbocycles. The lowest BCUT2D eigenvalue weighted by molar-refractivity contribution is -0.384. The van der Waals surface area contributed by atoms with E-state index in [2.05, 4.69) is 5.10 Å². The first-order valence-electron chi connectivity index (χ1n) is 10.1. The molecule has 0 N–H and O–H groups in total. The summed E-state index contributed by atoms with van der Waals surface area (Å²) in [6.07, 6.45) is 0. The van der Waals surface area contributed by atoms with Crippen molar-refractivity contribution in [2.24, 2.45) is 0 Å². The summed E-state index contributed by atoms with van der Waals surface area (Å²) in [7, 11) is -4.12. The van der Waals surface area contributed by atoms with Gasteiger partial charge in [0.2, 0.25) is 15.7 Å². The number of rotatable bonds is 6. The van der Waals surface area contributed by atoms with Crippen LogP contribution in [-0.2, 0) is 9.84 Å². The van der Waals surface area contributed by atoms with Crippen molar-refractivity contribution in [2.75, 3.05) is 0 Å². The quantitative estimate of drug-likeness (QED) is 0.228. The third-order valence-corrected chi connectivity index (χ3v) is 6.95. The molecule has 34 heavy (non-hydrogen) atoms. The average molecular weight is 477 g/mol. The van der Waals surface area contributed by atoms with E-state index in [-0.39, 0.29) is 32.6 Å². The van der Waals surface area contributed by atoms with Crippen LogP contribution in [0.4, 0.5) is 5.69 Å². The topological polar surface area (TPSA) is 121 Å². The van der Waals surface area contributed by atoms with E-state index in [4.69, 9.17) is 4.74 Å². The molecule has 0 bridgehead atoms. The molecule has 0 spiro atoms. The van der Waals surface area contributed by atoms with E-state index < -0.39 is 20.7 Å². The molecular weight excluding hydrogens is 458 g/mol. The number of para-hydroxylation sites is 1. The maximum Gasteiger partial charge on any atom is 0.345 e. The highest BCUT2D eigenvalue weighted by Gasteiger charge is 2.32. The Hall–Kier alpha value is -4.31. The van der Waals surface area contributed by atoms with Crippen molar-refractivity contribution in [1.29, 1.82) is 0 Å². The first-order valence-corrected chi connectivity index (χ1v) is 11.6. The van der Waals surface area contributed by atoms with Gasteiger partial charge in [-0.3, -0.25) is 10.1 Å². The summed E-state index contributed by atoms with van der Waals surface area (Å²) in [5.74, 6) is -1.26. The van der Waals surface area contributed by atoms with Gasteiger partial charge in [-0.1, -0.05) is 42.0 Å². The van der Waals surface area contributed by atoms with Crippen molar-refractivity contribution >= 4 is 21.5 Å². The van der Waals surface area contributed by atoms with E-state index >= 15 is 0 Å². The second-order valence-electron chi connectivity index (χ2n) is 7.48. The Balaban J connectivity index is 1.88. The Bertz CT molecular complexity index is 1490. The summed E-state index contributed by atoms with van der Waals surface area (Å²) in [6.45, 7) is 3.34. The van der Waals surface area contributed by atoms with E-state index in [0.29, 0.717) is 5.69 Å². The first-order chi connectivity index (χ1) is 16.2. The van der Waals surface area contributed by atoms with E-state index in [9.17, 15) is 23.3 Å². The van der Waals surface area contributed by atoms with Crippen LogP contribution in [-0.4, -0.2) is 29.1 Å². The molecule has 0 unspecified atom stereocenters. The Labute approximate surface area is 195 Å². The van der Waals surface area contributed by atoms with Gasteiger partial charge in [-0.2, -0.15) is 9.78 Å². The van der Waals surface area contributed by atoms with Crippen LogP contribution in [0.5, 0.6) is 5.88 Å². The number of hydrogen-bond donors (Lipinski definition) is 0. The molecule has 0 atom stereocenters. The summed E-state index contributed by atoms with van der Waals surface area (Å²) in [4.78, 5) is 23.2. The zero-order valence-electron chi connectivity index (χ0n) is 18.2. The van der Waals surface area contributed by atoms with Crippen molar-refractivity contribution in [2.45, 2.75) is 23.6 Å². The maximum atomic E-state index is 13.6. The standard InChI is InChI=1S/C24H19N3O6S/c1-16-11-13-21(14-12-16)34(31,32)22-17(2)25-26(19-8-4-3-5-9-19)23(22)33-24(28)18-7-6-10-20(15-18)27(29)30/h3-15H,1-2H3. The number of aromatic nitrogens is 2. The average Bonchev–Trinajstić information content (AvgIpc) is 3.16. The monoisotopic (exact) mass is 477 g/mol. The molecule has 0 aliphatic rings. The van der Waals surface area contributed by atoms with Crippen molar-refractivity contribution in [3.8, 4) is 11.6 Å². The number of nitro groups is 1. The lowest BCUT2D eigenvalue weighted by Crippen LogP contribution is -2.14. The molecule has 10 heteroatoms. The molecule has 172 valence electrons. The van der Waals surface area contributed by atoms with Gasteiger partial charge < -0.3 is 4.74 Å². The fourth-order valence-electron chi connectivity index (χ4n) is 3.36. The molecule has 4 aromatic rings. The van der Waals surface area contributed by atoms with Gasteiger partial charge >= 0.3 is 5.97 Å². The Morgan fingerprint density at radius 3 is 2.29 bits per heavy atom. The highest BCUT2D eigenvalue weighted by atomic mass is 32.2. The lowest BCUT2D eigenvalue weighted by atomic mass is 10.2. The fraction of sp³-hybridized carbons (Fsp3) is 0.0833. The van der Waals surface area contributed by atoms with Crippen molar-refractivity contribution < 1.29 is 22.9 Å². The minimum atomic E-state index is -4.12. The molecule has 0 amide bonds. The molecule has 0 fully saturated rings. The number of non-ortho nitro benzene ring substituents is 1. The van der Waals surface area contributed by atoms with E-state index in [1.807, 2.05) is 6.92 Å². The highest BCUT2D eigenvalue weighted by molar-refractivity contribution is 7.91. The zero-order chi connectivity index (χ0) is 24.5. The smallest absolute Gasteiger partial charge is 0.345 e. The van der Waals surface area contributed by atoms with E-state index in [0.717, 1.165) is 11.6 Å². The summed E-state index contributed by atoms with van der Waals surface area (Å²) in [6, 6.07) is 19.9. The zero-order valence-corrected chi connectivity index (χ0v) is 19.0. The van der Waals surface area contributed by atoms with Gasteiger partial charge in [0.05, 0.1) is 26.8 Å². The summed E-state index contributed by atoms with van der Waals surface area (Å²) < 4.78 is 33.9. The Morgan fingerprint density at radius 1 is 0.971 bits per heavy atom. The van der Waals surface area contributed by atoms with Crippen LogP contribution in [0.25, 0.3) is 5.69 Å². The predicted molar refractivity (Wildman–Crippen MR) is 123 cm³/mol. The first kappa shape index (κ1) is 22.9. The van der Waals surface area contributed by atoms with Gasteiger partial charge in [-0.05, 0) is 44.2 Å². The van der Waals surface area contributed by atoms with E-state index in [1.165, 1.54) is 41.9 Å². The Kier molecular flexibility index (Phi) is 5.99. The van der Waals surface area contributed by atoms with Gasteiger partial charge in [0.15, 0.2) is 4.90 Å².